The highest BCUT2D eigenvalue weighted by molar-refractivity contribution is 4.93. The van der Waals surface area contributed by atoms with Gasteiger partial charge in [-0.05, 0) is 68.7 Å². The Labute approximate surface area is 258 Å². The third-order valence-corrected chi connectivity index (χ3v) is 8.05. The summed E-state index contributed by atoms with van der Waals surface area (Å²) in [6.45, 7) is 40.7. The predicted molar refractivity (Wildman–Crippen MR) is 190 cm³/mol. The third-order valence-electron chi connectivity index (χ3n) is 8.05. The van der Waals surface area contributed by atoms with Crippen molar-refractivity contribution in [3.05, 3.63) is 0 Å². The van der Waals surface area contributed by atoms with E-state index >= 15 is 0 Å². The van der Waals surface area contributed by atoms with Crippen molar-refractivity contribution in [2.24, 2.45) is 22.2 Å². The van der Waals surface area contributed by atoms with Crippen molar-refractivity contribution in [1.82, 2.24) is 4.90 Å². The molecular formula is C39H85N. The molecule has 1 unspecified atom stereocenters. The highest BCUT2D eigenvalue weighted by Crippen LogP contribution is 2.43. The van der Waals surface area contributed by atoms with Crippen molar-refractivity contribution in [3.63, 3.8) is 0 Å². The van der Waals surface area contributed by atoms with Crippen LogP contribution < -0.4 is 0 Å². The van der Waals surface area contributed by atoms with Crippen LogP contribution in [0.4, 0.5) is 0 Å². The lowest BCUT2D eigenvalue weighted by atomic mass is 9.65. The molecule has 1 heteroatoms. The second kappa shape index (κ2) is 23.4. The van der Waals surface area contributed by atoms with Crippen molar-refractivity contribution in [2.45, 2.75) is 226 Å². The molecule has 1 nitrogen and oxygen atoms in total. The zero-order chi connectivity index (χ0) is 32.0. The highest BCUT2D eigenvalue weighted by atomic mass is 15.2. The minimum atomic E-state index is 0.342. The molecule has 0 spiro atoms. The van der Waals surface area contributed by atoms with Crippen LogP contribution in [0.5, 0.6) is 0 Å². The molecule has 1 saturated heterocycles. The topological polar surface area (TPSA) is 3.24 Å². The Bertz CT molecular complexity index is 483. The maximum atomic E-state index is 2.67. The summed E-state index contributed by atoms with van der Waals surface area (Å²) in [7, 11) is 0. The van der Waals surface area contributed by atoms with Crippen LogP contribution >= 0.6 is 0 Å². The van der Waals surface area contributed by atoms with Crippen LogP contribution in [-0.2, 0) is 0 Å². The summed E-state index contributed by atoms with van der Waals surface area (Å²) >= 11 is 0. The number of rotatable bonds is 11. The highest BCUT2D eigenvalue weighted by Gasteiger charge is 2.39. The van der Waals surface area contributed by atoms with Crippen LogP contribution in [0, 0.1) is 22.2 Å². The van der Waals surface area contributed by atoms with Crippen molar-refractivity contribution in [3.8, 4) is 0 Å². The fourth-order valence-electron chi connectivity index (χ4n) is 6.47. The van der Waals surface area contributed by atoms with E-state index < -0.39 is 0 Å². The number of hydrogen-bond donors (Lipinski definition) is 0. The summed E-state index contributed by atoms with van der Waals surface area (Å²) in [5, 5.41) is 0. The molecule has 246 valence electrons. The lowest BCUT2D eigenvalue weighted by Gasteiger charge is -2.43. The SMILES string of the molecule is CC(C)(C)C1CCCN1C(C)(C)C.CCC.CCC.CCCCCCCCCCCCC(C(C)(C)C)C(C)(C)C. The van der Waals surface area contributed by atoms with Crippen molar-refractivity contribution < 1.29 is 0 Å². The second-order valence-corrected chi connectivity index (χ2v) is 17.1. The molecule has 0 bridgehead atoms. The molecule has 0 amide bonds. The molecule has 0 aromatic heterocycles. The van der Waals surface area contributed by atoms with Gasteiger partial charge < -0.3 is 0 Å². The Morgan fingerprint density at radius 2 is 0.900 bits per heavy atom. The summed E-state index contributed by atoms with van der Waals surface area (Å²) in [6, 6.07) is 0.771. The summed E-state index contributed by atoms with van der Waals surface area (Å²) in [5.41, 5.74) is 1.66. The van der Waals surface area contributed by atoms with E-state index in [2.05, 4.69) is 123 Å². The normalized spacial score (nSPS) is 16.5. The van der Waals surface area contributed by atoms with E-state index in [0.29, 0.717) is 21.8 Å². The van der Waals surface area contributed by atoms with E-state index in [1.807, 2.05) is 0 Å². The zero-order valence-corrected chi connectivity index (χ0v) is 31.9. The molecule has 0 aromatic carbocycles. The molecule has 0 N–H and O–H groups in total. The summed E-state index contributed by atoms with van der Waals surface area (Å²) in [4.78, 5) is 2.67. The van der Waals surface area contributed by atoms with Crippen LogP contribution in [0.2, 0.25) is 0 Å². The van der Waals surface area contributed by atoms with Gasteiger partial charge in [0.1, 0.15) is 0 Å². The standard InChI is InChI=1S/C21H44.C12H25N.2C3H8/c1-8-9-10-11-12-13-14-15-16-17-18-19(20(2,3)4)21(5,6)7;1-11(2,3)10-8-7-9-13(10)12(4,5)6;2*1-3-2/h19H,8-18H2,1-7H3;10H,7-9H2,1-6H3;2*3H2,1-2H3. The fourth-order valence-corrected chi connectivity index (χ4v) is 6.47. The van der Waals surface area contributed by atoms with Gasteiger partial charge in [0, 0.05) is 11.6 Å². The first kappa shape index (κ1) is 44.4. The Hall–Kier alpha value is -0.0400. The van der Waals surface area contributed by atoms with Crippen LogP contribution in [0.15, 0.2) is 0 Å². The minimum absolute atomic E-state index is 0.342. The number of likely N-dealkylation sites (tertiary alicyclic amines) is 1. The van der Waals surface area contributed by atoms with E-state index in [1.54, 1.807) is 0 Å². The van der Waals surface area contributed by atoms with Gasteiger partial charge in [-0.1, -0.05) is 174 Å². The van der Waals surface area contributed by atoms with Gasteiger partial charge in [-0.15, -0.1) is 0 Å². The molecular weight excluding hydrogens is 482 g/mol. The Morgan fingerprint density at radius 3 is 1.18 bits per heavy atom. The van der Waals surface area contributed by atoms with E-state index in [4.69, 9.17) is 0 Å². The first-order valence-corrected chi connectivity index (χ1v) is 18.0. The fraction of sp³-hybridized carbons (Fsp3) is 1.00. The predicted octanol–water partition coefficient (Wildman–Crippen LogP) is 14.1. The van der Waals surface area contributed by atoms with Crippen LogP contribution in [0.3, 0.4) is 0 Å². The maximum Gasteiger partial charge on any atom is 0.0149 e. The first-order valence-electron chi connectivity index (χ1n) is 18.0. The van der Waals surface area contributed by atoms with Gasteiger partial charge in [0.05, 0.1) is 0 Å². The number of hydrogen-bond acceptors (Lipinski definition) is 1. The smallest absolute Gasteiger partial charge is 0.0149 e. The first-order chi connectivity index (χ1) is 18.2. The zero-order valence-electron chi connectivity index (χ0n) is 31.9. The van der Waals surface area contributed by atoms with E-state index in [1.165, 1.54) is 103 Å². The minimum Gasteiger partial charge on any atom is -0.295 e. The van der Waals surface area contributed by atoms with Crippen LogP contribution in [-0.4, -0.2) is 23.0 Å². The lowest BCUT2D eigenvalue weighted by Crippen LogP contribution is -2.49. The van der Waals surface area contributed by atoms with E-state index in [0.717, 1.165) is 12.0 Å². The summed E-state index contributed by atoms with van der Waals surface area (Å²) < 4.78 is 0. The van der Waals surface area contributed by atoms with Gasteiger partial charge in [-0.2, -0.15) is 0 Å². The van der Waals surface area contributed by atoms with Crippen molar-refractivity contribution in [1.29, 1.82) is 0 Å². The molecule has 0 saturated carbocycles. The molecule has 40 heavy (non-hydrogen) atoms. The summed E-state index contributed by atoms with van der Waals surface area (Å²) in [5.74, 6) is 0.832. The second-order valence-electron chi connectivity index (χ2n) is 17.1. The monoisotopic (exact) mass is 568 g/mol. The molecule has 1 heterocycles. The van der Waals surface area contributed by atoms with Crippen molar-refractivity contribution >= 4 is 0 Å². The van der Waals surface area contributed by atoms with Crippen LogP contribution in [0.25, 0.3) is 0 Å². The quantitative estimate of drug-likeness (QED) is 0.224. The van der Waals surface area contributed by atoms with Gasteiger partial charge in [-0.3, -0.25) is 4.90 Å². The maximum absolute atomic E-state index is 2.67. The number of unbranched alkanes of at least 4 members (excludes halogenated alkanes) is 9. The Balaban J connectivity index is -0.000000608. The van der Waals surface area contributed by atoms with Gasteiger partial charge in [0.25, 0.3) is 0 Å². The van der Waals surface area contributed by atoms with Crippen molar-refractivity contribution in [2.75, 3.05) is 6.54 Å². The molecule has 1 aliphatic rings. The lowest BCUT2D eigenvalue weighted by molar-refractivity contribution is 0.0582. The molecule has 0 aliphatic carbocycles. The van der Waals surface area contributed by atoms with Gasteiger partial charge >= 0.3 is 0 Å². The molecule has 1 aliphatic heterocycles. The number of nitrogens with zero attached hydrogens (tertiary/aromatic N) is 1. The summed E-state index contributed by atoms with van der Waals surface area (Å²) in [6.07, 6.45) is 21.1. The van der Waals surface area contributed by atoms with E-state index in [9.17, 15) is 0 Å². The Kier molecular flexibility index (Phi) is 26.0. The van der Waals surface area contributed by atoms with Gasteiger partial charge in [0.15, 0.2) is 0 Å². The van der Waals surface area contributed by atoms with Gasteiger partial charge in [-0.25, -0.2) is 0 Å². The molecule has 1 rings (SSSR count). The average Bonchev–Trinajstić information content (AvgIpc) is 3.29. The van der Waals surface area contributed by atoms with E-state index in [-0.39, 0.29) is 0 Å². The largest absolute Gasteiger partial charge is 0.295 e. The Morgan fingerprint density at radius 1 is 0.550 bits per heavy atom. The average molecular weight is 568 g/mol. The molecule has 1 fully saturated rings. The van der Waals surface area contributed by atoms with Crippen LogP contribution in [0.1, 0.15) is 214 Å². The molecule has 1 atom stereocenters. The molecule has 0 aromatic rings. The third kappa shape index (κ3) is 24.5. The molecule has 0 radical (unpaired) electrons. The van der Waals surface area contributed by atoms with Gasteiger partial charge in [0.2, 0.25) is 0 Å².